The summed E-state index contributed by atoms with van der Waals surface area (Å²) < 4.78 is 3.51. The van der Waals surface area contributed by atoms with E-state index in [1.54, 1.807) is 6.20 Å². The van der Waals surface area contributed by atoms with Gasteiger partial charge in [-0.2, -0.15) is 0 Å². The van der Waals surface area contributed by atoms with Crippen LogP contribution in [0, 0.1) is 0 Å². The fourth-order valence-corrected chi connectivity index (χ4v) is 0.815. The van der Waals surface area contributed by atoms with Crippen molar-refractivity contribution in [2.24, 2.45) is 0 Å². The first-order valence-electron chi connectivity index (χ1n) is 3.26. The van der Waals surface area contributed by atoms with Crippen LogP contribution in [0.4, 0.5) is 0 Å². The predicted molar refractivity (Wildman–Crippen MR) is 46.2 cm³/mol. The molecule has 0 saturated carbocycles. The lowest BCUT2D eigenvalue weighted by molar-refractivity contribution is 0.972. The lowest BCUT2D eigenvalue weighted by Gasteiger charge is -1.94. The van der Waals surface area contributed by atoms with Crippen LogP contribution in [0.2, 0.25) is 0 Å². The largest absolute Gasteiger partial charge is 0.387 e. The first kappa shape index (κ1) is 7.94. The molecule has 0 aliphatic carbocycles. The Morgan fingerprint density at radius 2 is 2.36 bits per heavy atom. The summed E-state index contributed by atoms with van der Waals surface area (Å²) in [6, 6.07) is 0. The van der Waals surface area contributed by atoms with Crippen molar-refractivity contribution >= 4 is 11.5 Å². The zero-order valence-corrected chi connectivity index (χ0v) is 6.79. The third-order valence-electron chi connectivity index (χ3n) is 0.980. The second-order valence-corrected chi connectivity index (χ2v) is 2.43. The van der Waals surface area contributed by atoms with Crippen molar-refractivity contribution in [1.29, 1.82) is 0 Å². The van der Waals surface area contributed by atoms with Gasteiger partial charge in [0, 0.05) is 11.9 Å². The van der Waals surface area contributed by atoms with Crippen molar-refractivity contribution in [3.05, 3.63) is 36.0 Å². The molecule has 0 atom stereocenters. The van der Waals surface area contributed by atoms with E-state index in [4.69, 9.17) is 0 Å². The molecule has 3 nitrogen and oxygen atoms in total. The van der Waals surface area contributed by atoms with Crippen LogP contribution in [0.5, 0.6) is 0 Å². The Balaban J connectivity index is 0.000000112. The van der Waals surface area contributed by atoms with Gasteiger partial charge in [0.05, 0.1) is 6.20 Å². The lowest BCUT2D eigenvalue weighted by atomic mass is 10.4. The Kier molecular flexibility index (Phi) is 4.05. The molecule has 58 valence electrons. The maximum atomic E-state index is 3.51. The molecule has 1 aliphatic heterocycles. The highest BCUT2D eigenvalue weighted by Crippen LogP contribution is 1.79. The Bertz CT molecular complexity index is 186. The van der Waals surface area contributed by atoms with E-state index in [0.717, 1.165) is 6.54 Å². The summed E-state index contributed by atoms with van der Waals surface area (Å²) in [6.45, 7) is 0.983. The second kappa shape index (κ2) is 5.61. The SMILES string of the molecule is C1=CCNC=C1.c1csnn1. The molecule has 0 radical (unpaired) electrons. The van der Waals surface area contributed by atoms with Gasteiger partial charge in [0.25, 0.3) is 0 Å². The topological polar surface area (TPSA) is 37.8 Å². The van der Waals surface area contributed by atoms with E-state index in [0.29, 0.717) is 0 Å². The van der Waals surface area contributed by atoms with Crippen LogP contribution in [0.25, 0.3) is 0 Å². The van der Waals surface area contributed by atoms with Crippen LogP contribution >= 0.6 is 11.5 Å². The third kappa shape index (κ3) is 4.27. The average molecular weight is 167 g/mol. The molecule has 4 heteroatoms. The molecule has 1 aromatic rings. The summed E-state index contributed by atoms with van der Waals surface area (Å²) in [5.74, 6) is 0. The van der Waals surface area contributed by atoms with Crippen molar-refractivity contribution in [3.63, 3.8) is 0 Å². The molecule has 11 heavy (non-hydrogen) atoms. The molecule has 0 aromatic carbocycles. The molecule has 1 aromatic heterocycles. The molecule has 0 saturated heterocycles. The van der Waals surface area contributed by atoms with Crippen LogP contribution in [0.15, 0.2) is 36.0 Å². The number of rotatable bonds is 0. The van der Waals surface area contributed by atoms with Crippen molar-refractivity contribution in [3.8, 4) is 0 Å². The van der Waals surface area contributed by atoms with Gasteiger partial charge in [-0.25, -0.2) is 0 Å². The van der Waals surface area contributed by atoms with Gasteiger partial charge in [-0.15, -0.1) is 5.10 Å². The van der Waals surface area contributed by atoms with E-state index < -0.39 is 0 Å². The first-order valence-corrected chi connectivity index (χ1v) is 4.10. The van der Waals surface area contributed by atoms with E-state index in [1.165, 1.54) is 11.5 Å². The molecule has 0 bridgehead atoms. The van der Waals surface area contributed by atoms with Gasteiger partial charge < -0.3 is 5.32 Å². The Morgan fingerprint density at radius 1 is 1.36 bits per heavy atom. The molecule has 2 rings (SSSR count). The minimum absolute atomic E-state index is 0.983. The fraction of sp³-hybridized carbons (Fsp3) is 0.143. The third-order valence-corrected chi connectivity index (χ3v) is 1.41. The second-order valence-electron chi connectivity index (χ2n) is 1.78. The Hall–Kier alpha value is -1.16. The maximum Gasteiger partial charge on any atom is 0.0620 e. The van der Waals surface area contributed by atoms with E-state index in [1.807, 2.05) is 23.7 Å². The fourth-order valence-electron chi connectivity index (χ4n) is 0.542. The van der Waals surface area contributed by atoms with Gasteiger partial charge in [-0.05, 0) is 23.8 Å². The number of allylic oxidation sites excluding steroid dienone is 2. The zero-order valence-electron chi connectivity index (χ0n) is 5.97. The minimum atomic E-state index is 0.983. The first-order chi connectivity index (χ1) is 5.50. The summed E-state index contributed by atoms with van der Waals surface area (Å²) in [7, 11) is 0. The number of dihydropyridines is 1. The van der Waals surface area contributed by atoms with Gasteiger partial charge >= 0.3 is 0 Å². The van der Waals surface area contributed by atoms with Crippen LogP contribution in [0.3, 0.4) is 0 Å². The van der Waals surface area contributed by atoms with E-state index in [9.17, 15) is 0 Å². The van der Waals surface area contributed by atoms with Crippen molar-refractivity contribution in [1.82, 2.24) is 14.9 Å². The maximum absolute atomic E-state index is 3.51. The molecule has 0 fully saturated rings. The molecule has 0 amide bonds. The molecular formula is C7H9N3S. The highest BCUT2D eigenvalue weighted by molar-refractivity contribution is 7.03. The average Bonchev–Trinajstić information content (AvgIpc) is 2.64. The Morgan fingerprint density at radius 3 is 2.55 bits per heavy atom. The molecule has 0 unspecified atom stereocenters. The smallest absolute Gasteiger partial charge is 0.0620 e. The van der Waals surface area contributed by atoms with E-state index in [2.05, 4.69) is 21.0 Å². The Labute approximate surface area is 69.6 Å². The summed E-state index contributed by atoms with van der Waals surface area (Å²) >= 11 is 1.35. The predicted octanol–water partition coefficient (Wildman–Crippen LogP) is 1.20. The van der Waals surface area contributed by atoms with Gasteiger partial charge in [-0.1, -0.05) is 16.6 Å². The summed E-state index contributed by atoms with van der Waals surface area (Å²) in [6.07, 6.45) is 9.66. The van der Waals surface area contributed by atoms with Crippen molar-refractivity contribution in [2.45, 2.75) is 0 Å². The number of hydrogen-bond donors (Lipinski definition) is 1. The molecule has 1 N–H and O–H groups in total. The van der Waals surface area contributed by atoms with Crippen LogP contribution in [0.1, 0.15) is 0 Å². The van der Waals surface area contributed by atoms with E-state index in [-0.39, 0.29) is 0 Å². The number of hydrogen-bond acceptors (Lipinski definition) is 4. The molecular weight excluding hydrogens is 158 g/mol. The van der Waals surface area contributed by atoms with Crippen LogP contribution in [-0.4, -0.2) is 16.1 Å². The van der Waals surface area contributed by atoms with E-state index >= 15 is 0 Å². The van der Waals surface area contributed by atoms with Crippen LogP contribution in [-0.2, 0) is 0 Å². The van der Waals surface area contributed by atoms with Crippen molar-refractivity contribution < 1.29 is 0 Å². The summed E-state index contributed by atoms with van der Waals surface area (Å²) in [5.41, 5.74) is 0. The van der Waals surface area contributed by atoms with Crippen molar-refractivity contribution in [2.75, 3.05) is 6.54 Å². The summed E-state index contributed by atoms with van der Waals surface area (Å²) in [5, 5.41) is 8.33. The lowest BCUT2D eigenvalue weighted by Crippen LogP contribution is -2.05. The summed E-state index contributed by atoms with van der Waals surface area (Å²) in [4.78, 5) is 0. The molecule has 2 heterocycles. The highest BCUT2D eigenvalue weighted by atomic mass is 32.1. The normalized spacial score (nSPS) is 13.1. The number of nitrogens with one attached hydrogen (secondary N) is 1. The highest BCUT2D eigenvalue weighted by Gasteiger charge is 1.73. The quantitative estimate of drug-likeness (QED) is 0.631. The number of nitrogens with zero attached hydrogens (tertiary/aromatic N) is 2. The molecule has 0 spiro atoms. The standard InChI is InChI=1S/C5H7N.C2H2N2S/c1-2-4-6-5-3-1;1-2-5-4-3-1/h1-4,6H,5H2;1-2H. The molecule has 1 aliphatic rings. The zero-order chi connectivity index (χ0) is 7.78. The monoisotopic (exact) mass is 167 g/mol. The minimum Gasteiger partial charge on any atom is -0.387 e. The van der Waals surface area contributed by atoms with Crippen LogP contribution < -0.4 is 5.32 Å². The number of aromatic nitrogens is 2. The van der Waals surface area contributed by atoms with Gasteiger partial charge in [0.2, 0.25) is 0 Å². The van der Waals surface area contributed by atoms with Gasteiger partial charge in [0.1, 0.15) is 0 Å². The van der Waals surface area contributed by atoms with Gasteiger partial charge in [-0.3, -0.25) is 0 Å². The van der Waals surface area contributed by atoms with Gasteiger partial charge in [0.15, 0.2) is 0 Å².